The second kappa shape index (κ2) is 4.44. The quantitative estimate of drug-likeness (QED) is 0.709. The smallest absolute Gasteiger partial charge is 0.193 e. The number of rotatable bonds is 3. The molecule has 3 aromatic rings. The molecule has 0 radical (unpaired) electrons. The fourth-order valence-corrected chi connectivity index (χ4v) is 2.72. The summed E-state index contributed by atoms with van der Waals surface area (Å²) in [7, 11) is 0. The van der Waals surface area contributed by atoms with Crippen molar-refractivity contribution in [1.82, 2.24) is 9.38 Å². The average Bonchev–Trinajstić information content (AvgIpc) is 2.90. The molecule has 3 N–H and O–H groups in total. The van der Waals surface area contributed by atoms with E-state index in [1.165, 1.54) is 0 Å². The van der Waals surface area contributed by atoms with Gasteiger partial charge in [-0.1, -0.05) is 18.2 Å². The van der Waals surface area contributed by atoms with Gasteiger partial charge < -0.3 is 10.8 Å². The molecule has 0 bridgehead atoms. The minimum absolute atomic E-state index is 0.475. The minimum Gasteiger partial charge on any atom is -0.398 e. The molecule has 0 fully saturated rings. The second-order valence-corrected chi connectivity index (χ2v) is 5.05. The van der Waals surface area contributed by atoms with E-state index in [0.29, 0.717) is 12.1 Å². The number of nitrogens with two attached hydrogens (primary N) is 1. The number of hydrogen-bond donors (Lipinski definition) is 2. The molecule has 4 nitrogen and oxygen atoms in total. The number of aliphatic hydroxyl groups excluding tert-OH is 1. The van der Waals surface area contributed by atoms with Crippen molar-refractivity contribution in [1.29, 1.82) is 0 Å². The number of hydrogen-bond acceptors (Lipinski definition) is 4. The number of benzene rings is 1. The maximum atomic E-state index is 10.2. The van der Waals surface area contributed by atoms with E-state index in [-0.39, 0.29) is 0 Å². The number of nitrogen functional groups attached to an aromatic ring is 1. The van der Waals surface area contributed by atoms with Crippen molar-refractivity contribution in [3.63, 3.8) is 0 Å². The van der Waals surface area contributed by atoms with Crippen molar-refractivity contribution in [3.8, 4) is 0 Å². The average molecular weight is 259 g/mol. The van der Waals surface area contributed by atoms with Crippen molar-refractivity contribution in [2.75, 3.05) is 5.73 Å². The third-order valence-electron chi connectivity index (χ3n) is 2.90. The van der Waals surface area contributed by atoms with Gasteiger partial charge in [-0.2, -0.15) is 0 Å². The van der Waals surface area contributed by atoms with Crippen LogP contribution in [0.3, 0.4) is 0 Å². The first-order valence-corrected chi connectivity index (χ1v) is 6.55. The van der Waals surface area contributed by atoms with E-state index < -0.39 is 6.10 Å². The van der Waals surface area contributed by atoms with Crippen LogP contribution in [0.15, 0.2) is 42.0 Å². The van der Waals surface area contributed by atoms with Crippen LogP contribution >= 0.6 is 11.3 Å². The number of thiazole rings is 1. The molecular weight excluding hydrogens is 246 g/mol. The molecule has 0 spiro atoms. The number of aromatic nitrogens is 2. The zero-order valence-corrected chi connectivity index (χ0v) is 10.5. The second-order valence-electron chi connectivity index (χ2n) is 4.17. The summed E-state index contributed by atoms with van der Waals surface area (Å²) in [6, 6.07) is 7.38. The van der Waals surface area contributed by atoms with E-state index in [2.05, 4.69) is 4.98 Å². The molecule has 18 heavy (non-hydrogen) atoms. The molecule has 0 saturated carbocycles. The molecule has 2 aromatic heterocycles. The molecule has 1 atom stereocenters. The summed E-state index contributed by atoms with van der Waals surface area (Å²) in [5, 5.41) is 12.2. The van der Waals surface area contributed by atoms with Crippen LogP contribution in [0.4, 0.5) is 5.69 Å². The third kappa shape index (κ3) is 1.98. The molecule has 0 aliphatic heterocycles. The first-order chi connectivity index (χ1) is 8.74. The molecule has 5 heteroatoms. The Balaban J connectivity index is 1.84. The van der Waals surface area contributed by atoms with Gasteiger partial charge in [0.25, 0.3) is 0 Å². The molecular formula is C13H13N3OS. The fraction of sp³-hybridized carbons (Fsp3) is 0.154. The van der Waals surface area contributed by atoms with Crippen LogP contribution in [0.1, 0.15) is 17.4 Å². The number of nitrogens with zero attached hydrogens (tertiary/aromatic N) is 2. The van der Waals surface area contributed by atoms with Gasteiger partial charge in [-0.3, -0.25) is 4.40 Å². The molecule has 0 aliphatic rings. The Kier molecular flexibility index (Phi) is 2.77. The summed E-state index contributed by atoms with van der Waals surface area (Å²) in [5.41, 5.74) is 8.09. The molecule has 3 rings (SSSR count). The number of aliphatic hydroxyl groups is 1. The number of fused-ring (bicyclic) bond motifs is 1. The zero-order valence-electron chi connectivity index (χ0n) is 9.65. The Morgan fingerprint density at radius 3 is 3.00 bits per heavy atom. The molecule has 1 unspecified atom stereocenters. The van der Waals surface area contributed by atoms with Gasteiger partial charge in [0.15, 0.2) is 4.96 Å². The maximum absolute atomic E-state index is 10.2. The predicted octanol–water partition coefficient (Wildman–Crippen LogP) is 2.25. The van der Waals surface area contributed by atoms with Crippen LogP contribution in [-0.4, -0.2) is 14.5 Å². The highest BCUT2D eigenvalue weighted by atomic mass is 32.1. The minimum atomic E-state index is -0.615. The highest BCUT2D eigenvalue weighted by Gasteiger charge is 2.13. The lowest BCUT2D eigenvalue weighted by Crippen LogP contribution is -2.05. The van der Waals surface area contributed by atoms with Crippen molar-refractivity contribution >= 4 is 22.0 Å². The van der Waals surface area contributed by atoms with Gasteiger partial charge >= 0.3 is 0 Å². The summed E-state index contributed by atoms with van der Waals surface area (Å²) in [5.74, 6) is 0. The molecule has 0 amide bonds. The van der Waals surface area contributed by atoms with Crippen LogP contribution in [0, 0.1) is 0 Å². The van der Waals surface area contributed by atoms with Crippen LogP contribution < -0.4 is 5.73 Å². The molecule has 0 saturated heterocycles. The van der Waals surface area contributed by atoms with Crippen LogP contribution in [0.25, 0.3) is 4.96 Å². The Morgan fingerprint density at radius 1 is 1.39 bits per heavy atom. The summed E-state index contributed by atoms with van der Waals surface area (Å²) in [6.45, 7) is 0. The summed E-state index contributed by atoms with van der Waals surface area (Å²) in [6.07, 6.45) is 3.76. The normalized spacial score (nSPS) is 12.9. The molecule has 92 valence electrons. The maximum Gasteiger partial charge on any atom is 0.193 e. The van der Waals surface area contributed by atoms with Crippen LogP contribution in [0.2, 0.25) is 0 Å². The number of para-hydroxylation sites is 1. The standard InChI is InChI=1S/C13H13N3OS/c14-11-4-2-1-3-10(11)12(17)7-9-8-16-5-6-18-13(16)15-9/h1-6,8,12,17H,7,14H2. The predicted molar refractivity (Wildman–Crippen MR) is 72.6 cm³/mol. The topological polar surface area (TPSA) is 63.5 Å². The third-order valence-corrected chi connectivity index (χ3v) is 3.67. The van der Waals surface area contributed by atoms with Gasteiger partial charge in [-0.15, -0.1) is 11.3 Å². The van der Waals surface area contributed by atoms with Gasteiger partial charge in [0.2, 0.25) is 0 Å². The van der Waals surface area contributed by atoms with Crippen molar-refractivity contribution in [2.24, 2.45) is 0 Å². The summed E-state index contributed by atoms with van der Waals surface area (Å²) in [4.78, 5) is 5.39. The monoisotopic (exact) mass is 259 g/mol. The van der Waals surface area contributed by atoms with E-state index in [1.807, 2.05) is 40.4 Å². The highest BCUT2D eigenvalue weighted by Crippen LogP contribution is 2.23. The lowest BCUT2D eigenvalue weighted by molar-refractivity contribution is 0.178. The Morgan fingerprint density at radius 2 is 2.22 bits per heavy atom. The van der Waals surface area contributed by atoms with Gasteiger partial charge in [0, 0.05) is 35.4 Å². The number of imidazole rings is 1. The Hall–Kier alpha value is -1.85. The van der Waals surface area contributed by atoms with Gasteiger partial charge in [0.05, 0.1) is 11.8 Å². The molecule has 2 heterocycles. The van der Waals surface area contributed by atoms with Crippen LogP contribution in [-0.2, 0) is 6.42 Å². The van der Waals surface area contributed by atoms with E-state index >= 15 is 0 Å². The molecule has 1 aromatic carbocycles. The van der Waals surface area contributed by atoms with Crippen LogP contribution in [0.5, 0.6) is 0 Å². The Labute approximate surface area is 108 Å². The molecule has 0 aliphatic carbocycles. The SMILES string of the molecule is Nc1ccccc1C(O)Cc1cn2ccsc2n1. The lowest BCUT2D eigenvalue weighted by Gasteiger charge is -2.11. The Bertz CT molecular complexity index is 645. The van der Waals surface area contributed by atoms with Gasteiger partial charge in [-0.25, -0.2) is 4.98 Å². The summed E-state index contributed by atoms with van der Waals surface area (Å²) < 4.78 is 1.96. The fourth-order valence-electron chi connectivity index (χ4n) is 2.00. The first-order valence-electron chi connectivity index (χ1n) is 5.67. The van der Waals surface area contributed by atoms with Gasteiger partial charge in [-0.05, 0) is 6.07 Å². The van der Waals surface area contributed by atoms with E-state index in [0.717, 1.165) is 16.2 Å². The van der Waals surface area contributed by atoms with E-state index in [1.54, 1.807) is 17.4 Å². The zero-order chi connectivity index (χ0) is 12.5. The first kappa shape index (κ1) is 11.3. The van der Waals surface area contributed by atoms with Crippen molar-refractivity contribution in [2.45, 2.75) is 12.5 Å². The lowest BCUT2D eigenvalue weighted by atomic mass is 10.0. The van der Waals surface area contributed by atoms with E-state index in [4.69, 9.17) is 5.73 Å². The van der Waals surface area contributed by atoms with E-state index in [9.17, 15) is 5.11 Å². The number of anilines is 1. The van der Waals surface area contributed by atoms with Gasteiger partial charge in [0.1, 0.15) is 0 Å². The highest BCUT2D eigenvalue weighted by molar-refractivity contribution is 7.15. The largest absolute Gasteiger partial charge is 0.398 e. The van der Waals surface area contributed by atoms with Crippen molar-refractivity contribution in [3.05, 3.63) is 53.3 Å². The summed E-state index contributed by atoms with van der Waals surface area (Å²) >= 11 is 1.58. The van der Waals surface area contributed by atoms with Crippen molar-refractivity contribution < 1.29 is 5.11 Å².